The molecule has 1 aliphatic heterocycles. The number of thioether (sulfide) groups is 1. The minimum Gasteiger partial charge on any atom is -0.490 e. The molecule has 0 atom stereocenters. The highest BCUT2D eigenvalue weighted by Crippen LogP contribution is 2.38. The van der Waals surface area contributed by atoms with E-state index in [1.165, 1.54) is 36.3 Å². The molecule has 0 spiro atoms. The van der Waals surface area contributed by atoms with E-state index in [1.54, 1.807) is 18.2 Å². The van der Waals surface area contributed by atoms with Crippen LogP contribution in [0.3, 0.4) is 0 Å². The number of amides is 2. The number of benzene rings is 2. The largest absolute Gasteiger partial charge is 0.490 e. The number of imide groups is 1. The lowest BCUT2D eigenvalue weighted by molar-refractivity contribution is -0.123. The summed E-state index contributed by atoms with van der Waals surface area (Å²) in [6.45, 7) is 3.03. The zero-order valence-electron chi connectivity index (χ0n) is 19.0. The summed E-state index contributed by atoms with van der Waals surface area (Å²) in [5.41, 5.74) is 1.48. The van der Waals surface area contributed by atoms with Crippen LogP contribution < -0.4 is 9.47 Å². The van der Waals surface area contributed by atoms with Crippen LogP contribution in [0.5, 0.6) is 11.5 Å². The van der Waals surface area contributed by atoms with Crippen molar-refractivity contribution >= 4 is 51.6 Å². The second-order valence-corrected chi connectivity index (χ2v) is 10.6. The Morgan fingerprint density at radius 1 is 1.15 bits per heavy atom. The fourth-order valence-corrected chi connectivity index (χ4v) is 5.92. The van der Waals surface area contributed by atoms with Gasteiger partial charge in [0, 0.05) is 6.54 Å². The van der Waals surface area contributed by atoms with Gasteiger partial charge >= 0.3 is 0 Å². The molecule has 2 fully saturated rings. The minimum absolute atomic E-state index is 0.198. The molecule has 2 amide bonds. The average Bonchev–Trinajstić information content (AvgIpc) is 3.07. The van der Waals surface area contributed by atoms with E-state index in [-0.39, 0.29) is 23.6 Å². The molecule has 4 rings (SSSR count). The third-order valence-electron chi connectivity index (χ3n) is 5.94. The Morgan fingerprint density at radius 3 is 2.68 bits per heavy atom. The Balaban J connectivity index is 1.52. The van der Waals surface area contributed by atoms with Gasteiger partial charge in [0.1, 0.15) is 12.4 Å². The first kappa shape index (κ1) is 25.0. The van der Waals surface area contributed by atoms with E-state index < -0.39 is 0 Å². The van der Waals surface area contributed by atoms with Crippen LogP contribution in [0.2, 0.25) is 0 Å². The van der Waals surface area contributed by atoms with Crippen molar-refractivity contribution in [1.82, 2.24) is 4.90 Å². The van der Waals surface area contributed by atoms with Crippen molar-refractivity contribution in [2.45, 2.75) is 45.6 Å². The number of hydrogen-bond donors (Lipinski definition) is 0. The number of carbonyl (C=O) groups is 2. The van der Waals surface area contributed by atoms with Crippen molar-refractivity contribution in [2.75, 3.05) is 13.2 Å². The van der Waals surface area contributed by atoms with Crippen molar-refractivity contribution in [3.63, 3.8) is 0 Å². The smallest absolute Gasteiger partial charge is 0.293 e. The molecule has 1 aliphatic carbocycles. The van der Waals surface area contributed by atoms with E-state index in [0.29, 0.717) is 41.0 Å². The van der Waals surface area contributed by atoms with Gasteiger partial charge in [-0.1, -0.05) is 31.4 Å². The highest BCUT2D eigenvalue weighted by atomic mass is 127. The zero-order valence-corrected chi connectivity index (χ0v) is 22.0. The molecule has 0 aromatic heterocycles. The molecule has 2 aliphatic rings. The summed E-state index contributed by atoms with van der Waals surface area (Å²) in [6.07, 6.45) is 7.47. The van der Waals surface area contributed by atoms with Crippen LogP contribution >= 0.6 is 34.4 Å². The van der Waals surface area contributed by atoms with Crippen molar-refractivity contribution in [2.24, 2.45) is 5.92 Å². The first-order valence-corrected chi connectivity index (χ1v) is 13.4. The Bertz CT molecular complexity index is 1100. The summed E-state index contributed by atoms with van der Waals surface area (Å²) in [6, 6.07) is 9.97. The average molecular weight is 595 g/mol. The summed E-state index contributed by atoms with van der Waals surface area (Å²) >= 11 is 3.15. The summed E-state index contributed by atoms with van der Waals surface area (Å²) in [5.74, 6) is 0.975. The second kappa shape index (κ2) is 11.6. The third kappa shape index (κ3) is 6.13. The van der Waals surface area contributed by atoms with Crippen LogP contribution in [0.1, 0.15) is 50.2 Å². The predicted molar refractivity (Wildman–Crippen MR) is 140 cm³/mol. The van der Waals surface area contributed by atoms with Crippen LogP contribution in [-0.2, 0) is 11.4 Å². The molecule has 34 heavy (non-hydrogen) atoms. The maximum absolute atomic E-state index is 13.5. The van der Waals surface area contributed by atoms with Gasteiger partial charge in [0.2, 0.25) is 0 Å². The molecular weight excluding hydrogens is 568 g/mol. The van der Waals surface area contributed by atoms with Gasteiger partial charge in [-0.3, -0.25) is 14.5 Å². The molecule has 0 N–H and O–H groups in total. The third-order valence-corrected chi connectivity index (χ3v) is 7.65. The quantitative estimate of drug-likeness (QED) is 0.243. The molecule has 2 aromatic carbocycles. The lowest BCUT2D eigenvalue weighted by Gasteiger charge is -2.25. The highest BCUT2D eigenvalue weighted by molar-refractivity contribution is 14.1. The van der Waals surface area contributed by atoms with E-state index in [2.05, 4.69) is 22.6 Å². The van der Waals surface area contributed by atoms with Crippen LogP contribution in [0, 0.1) is 15.3 Å². The van der Waals surface area contributed by atoms with E-state index in [9.17, 15) is 14.0 Å². The Kier molecular flexibility index (Phi) is 8.52. The molecule has 8 heteroatoms. The van der Waals surface area contributed by atoms with Gasteiger partial charge < -0.3 is 9.47 Å². The van der Waals surface area contributed by atoms with Gasteiger partial charge in [0.15, 0.2) is 11.5 Å². The molecule has 0 unspecified atom stereocenters. The van der Waals surface area contributed by atoms with Crippen molar-refractivity contribution < 1.29 is 23.5 Å². The molecule has 0 bridgehead atoms. The lowest BCUT2D eigenvalue weighted by Crippen LogP contribution is -2.34. The fraction of sp³-hybridized carbons (Fsp3) is 0.385. The molecule has 5 nitrogen and oxygen atoms in total. The van der Waals surface area contributed by atoms with Gasteiger partial charge in [0.05, 0.1) is 15.1 Å². The lowest BCUT2D eigenvalue weighted by atomic mass is 9.89. The standard InChI is InChI=1S/C26H27FINO4S/c1-2-32-22-13-19(12-21(28)24(22)33-16-18-9-6-10-20(27)11-18)14-23-25(30)29(26(31)34-23)15-17-7-4-3-5-8-17/h6,9-14,17H,2-5,7-8,15-16H2,1H3/b23-14+. The maximum atomic E-state index is 13.5. The number of hydrogen-bond acceptors (Lipinski definition) is 5. The fourth-order valence-electron chi connectivity index (χ4n) is 4.29. The molecule has 1 heterocycles. The zero-order chi connectivity index (χ0) is 24.1. The highest BCUT2D eigenvalue weighted by Gasteiger charge is 2.36. The number of nitrogens with zero attached hydrogens (tertiary/aromatic N) is 1. The van der Waals surface area contributed by atoms with E-state index in [0.717, 1.165) is 33.7 Å². The Hall–Kier alpha value is -2.07. The first-order valence-electron chi connectivity index (χ1n) is 11.5. The molecule has 180 valence electrons. The first-order chi connectivity index (χ1) is 16.4. The van der Waals surface area contributed by atoms with Crippen molar-refractivity contribution in [1.29, 1.82) is 0 Å². The molecule has 1 saturated heterocycles. The SMILES string of the molecule is CCOc1cc(/C=C2/SC(=O)N(CC3CCCCC3)C2=O)cc(I)c1OCc1cccc(F)c1. The molecule has 0 radical (unpaired) electrons. The van der Waals surface area contributed by atoms with Crippen LogP contribution in [0.15, 0.2) is 41.3 Å². The number of carbonyl (C=O) groups excluding carboxylic acids is 2. The second-order valence-electron chi connectivity index (χ2n) is 8.48. The molecule has 2 aromatic rings. The molecule has 1 saturated carbocycles. The van der Waals surface area contributed by atoms with Gasteiger partial charge in [-0.05, 0) is 102 Å². The Morgan fingerprint density at radius 2 is 1.94 bits per heavy atom. The minimum atomic E-state index is -0.311. The van der Waals surface area contributed by atoms with Crippen molar-refractivity contribution in [3.05, 3.63) is 61.8 Å². The van der Waals surface area contributed by atoms with Crippen molar-refractivity contribution in [3.8, 4) is 11.5 Å². The monoisotopic (exact) mass is 595 g/mol. The van der Waals surface area contributed by atoms with Gasteiger partial charge in [-0.15, -0.1) is 0 Å². The summed E-state index contributed by atoms with van der Waals surface area (Å²) in [4.78, 5) is 27.3. The van der Waals surface area contributed by atoms with Crippen LogP contribution in [0.4, 0.5) is 9.18 Å². The summed E-state index contributed by atoms with van der Waals surface area (Å²) in [5, 5.41) is -0.198. The van der Waals surface area contributed by atoms with Gasteiger partial charge in [-0.2, -0.15) is 0 Å². The van der Waals surface area contributed by atoms with E-state index in [4.69, 9.17) is 9.47 Å². The van der Waals surface area contributed by atoms with Crippen LogP contribution in [0.25, 0.3) is 6.08 Å². The normalized spacial score (nSPS) is 18.1. The van der Waals surface area contributed by atoms with Gasteiger partial charge in [0.25, 0.3) is 11.1 Å². The predicted octanol–water partition coefficient (Wildman–Crippen LogP) is 7.02. The van der Waals surface area contributed by atoms with Crippen LogP contribution in [-0.4, -0.2) is 29.2 Å². The maximum Gasteiger partial charge on any atom is 0.293 e. The molecular formula is C26H27FINO4S. The summed E-state index contributed by atoms with van der Waals surface area (Å²) in [7, 11) is 0. The van der Waals surface area contributed by atoms with Gasteiger partial charge in [-0.25, -0.2) is 4.39 Å². The topological polar surface area (TPSA) is 55.8 Å². The summed E-state index contributed by atoms with van der Waals surface area (Å²) < 4.78 is 26.1. The van der Waals surface area contributed by atoms with E-state index >= 15 is 0 Å². The van der Waals surface area contributed by atoms with E-state index in [1.807, 2.05) is 19.1 Å². The Labute approximate surface area is 217 Å². The number of rotatable bonds is 8. The number of ether oxygens (including phenoxy) is 2. The number of halogens is 2.